The number of hydrogen-bond donors (Lipinski definition) is 1. The van der Waals surface area contributed by atoms with E-state index in [-0.39, 0.29) is 21.5 Å². The molecule has 0 aromatic heterocycles. The zero-order valence-electron chi connectivity index (χ0n) is 17.6. The first kappa shape index (κ1) is 21.3. The van der Waals surface area contributed by atoms with E-state index in [2.05, 4.69) is 0 Å². The number of rotatable bonds is 3. The Morgan fingerprint density at radius 3 is 1.63 bits per heavy atom. The fourth-order valence-electron chi connectivity index (χ4n) is 2.95. The van der Waals surface area contributed by atoms with E-state index < -0.39 is 10.0 Å². The van der Waals surface area contributed by atoms with Gasteiger partial charge in [-0.3, -0.25) is 4.31 Å². The van der Waals surface area contributed by atoms with E-state index in [1.807, 2.05) is 48.5 Å². The Balaban J connectivity index is 2.68. The van der Waals surface area contributed by atoms with Crippen LogP contribution in [0.2, 0.25) is 0 Å². The fourth-order valence-corrected chi connectivity index (χ4v) is 4.13. The molecule has 5 heteroatoms. The summed E-state index contributed by atoms with van der Waals surface area (Å²) in [5.74, 6) is 0.236. The second-order valence-corrected chi connectivity index (χ2v) is 11.1. The summed E-state index contributed by atoms with van der Waals surface area (Å²) in [5, 5.41) is 10.8. The first-order chi connectivity index (χ1) is 12.2. The van der Waals surface area contributed by atoms with Crippen molar-refractivity contribution in [3.8, 4) is 5.75 Å². The minimum atomic E-state index is -3.69. The molecule has 1 N–H and O–H groups in total. The number of phenols is 1. The quantitative estimate of drug-likeness (QED) is 0.792. The van der Waals surface area contributed by atoms with Crippen LogP contribution in [0.15, 0.2) is 41.3 Å². The molecule has 2 aromatic rings. The van der Waals surface area contributed by atoms with E-state index in [0.29, 0.717) is 5.69 Å². The van der Waals surface area contributed by atoms with E-state index >= 15 is 0 Å². The van der Waals surface area contributed by atoms with E-state index in [1.54, 1.807) is 43.4 Å². The maximum absolute atomic E-state index is 13.1. The van der Waals surface area contributed by atoms with Gasteiger partial charge in [-0.25, -0.2) is 8.42 Å². The number of aromatic hydroxyl groups is 1. The molecular formula is C22H31NO3S. The summed E-state index contributed by atoms with van der Waals surface area (Å²) in [5.41, 5.74) is 2.37. The first-order valence-electron chi connectivity index (χ1n) is 9.09. The summed E-state index contributed by atoms with van der Waals surface area (Å²) < 4.78 is 27.5. The zero-order valence-corrected chi connectivity index (χ0v) is 18.4. The van der Waals surface area contributed by atoms with Crippen molar-refractivity contribution >= 4 is 15.7 Å². The maximum Gasteiger partial charge on any atom is 0.264 e. The molecule has 0 fully saturated rings. The van der Waals surface area contributed by atoms with Crippen LogP contribution in [-0.2, 0) is 20.9 Å². The predicted molar refractivity (Wildman–Crippen MR) is 112 cm³/mol. The van der Waals surface area contributed by atoms with Crippen molar-refractivity contribution in [2.45, 2.75) is 64.2 Å². The lowest BCUT2D eigenvalue weighted by molar-refractivity contribution is 0.423. The highest BCUT2D eigenvalue weighted by Crippen LogP contribution is 2.42. The number of aryl methyl sites for hydroxylation is 1. The highest BCUT2D eigenvalue weighted by molar-refractivity contribution is 7.92. The van der Waals surface area contributed by atoms with Crippen LogP contribution in [0.4, 0.5) is 5.69 Å². The Morgan fingerprint density at radius 1 is 0.852 bits per heavy atom. The normalized spacial score (nSPS) is 12.9. The van der Waals surface area contributed by atoms with Gasteiger partial charge in [-0.05, 0) is 42.0 Å². The summed E-state index contributed by atoms with van der Waals surface area (Å²) >= 11 is 0. The third kappa shape index (κ3) is 4.29. The van der Waals surface area contributed by atoms with Crippen molar-refractivity contribution in [3.05, 3.63) is 53.1 Å². The van der Waals surface area contributed by atoms with Crippen molar-refractivity contribution in [2.75, 3.05) is 11.4 Å². The monoisotopic (exact) mass is 389 g/mol. The van der Waals surface area contributed by atoms with Crippen LogP contribution in [0.5, 0.6) is 5.75 Å². The third-order valence-electron chi connectivity index (χ3n) is 4.75. The van der Waals surface area contributed by atoms with Gasteiger partial charge in [-0.1, -0.05) is 59.2 Å². The SMILES string of the molecule is Cc1ccc(S(=O)(=O)N(C)c2cc(C(C)(C)C)c(O)c(C(C)(C)C)c2)cc1. The van der Waals surface area contributed by atoms with Gasteiger partial charge < -0.3 is 5.11 Å². The predicted octanol–water partition coefficient (Wildman–Crippen LogP) is 5.12. The van der Waals surface area contributed by atoms with Gasteiger partial charge in [0.25, 0.3) is 10.0 Å². The van der Waals surface area contributed by atoms with Gasteiger partial charge in [0.15, 0.2) is 0 Å². The molecular weight excluding hydrogens is 358 g/mol. The highest BCUT2D eigenvalue weighted by Gasteiger charge is 2.29. The van der Waals surface area contributed by atoms with Crippen molar-refractivity contribution in [1.82, 2.24) is 0 Å². The molecule has 0 bridgehead atoms. The molecule has 0 spiro atoms. The summed E-state index contributed by atoms with van der Waals surface area (Å²) in [6.07, 6.45) is 0. The maximum atomic E-state index is 13.1. The number of nitrogens with zero attached hydrogens (tertiary/aromatic N) is 1. The molecule has 27 heavy (non-hydrogen) atoms. The van der Waals surface area contributed by atoms with Crippen molar-refractivity contribution in [2.24, 2.45) is 0 Å². The van der Waals surface area contributed by atoms with Gasteiger partial charge in [0, 0.05) is 18.2 Å². The minimum Gasteiger partial charge on any atom is -0.507 e. The number of hydrogen-bond acceptors (Lipinski definition) is 3. The van der Waals surface area contributed by atoms with Crippen LogP contribution in [0.25, 0.3) is 0 Å². The molecule has 4 nitrogen and oxygen atoms in total. The lowest BCUT2D eigenvalue weighted by atomic mass is 9.79. The molecule has 0 saturated carbocycles. The first-order valence-corrected chi connectivity index (χ1v) is 10.5. The molecule has 0 radical (unpaired) electrons. The molecule has 2 aromatic carbocycles. The Morgan fingerprint density at radius 2 is 1.26 bits per heavy atom. The Hall–Kier alpha value is -2.01. The molecule has 0 amide bonds. The molecule has 148 valence electrons. The van der Waals surface area contributed by atoms with Crippen LogP contribution in [0.3, 0.4) is 0 Å². The van der Waals surface area contributed by atoms with Crippen molar-refractivity contribution in [3.63, 3.8) is 0 Å². The fraction of sp³-hybridized carbons (Fsp3) is 0.455. The molecule has 0 aliphatic heterocycles. The molecule has 2 rings (SSSR count). The lowest BCUT2D eigenvalue weighted by Gasteiger charge is -2.30. The van der Waals surface area contributed by atoms with Crippen LogP contribution < -0.4 is 4.31 Å². The molecule has 0 saturated heterocycles. The second kappa shape index (κ2) is 6.86. The molecule has 0 unspecified atom stereocenters. The van der Waals surface area contributed by atoms with Crippen LogP contribution >= 0.6 is 0 Å². The molecule has 0 atom stereocenters. The summed E-state index contributed by atoms with van der Waals surface area (Å²) in [6, 6.07) is 10.4. The topological polar surface area (TPSA) is 57.6 Å². The van der Waals surface area contributed by atoms with Gasteiger partial charge >= 0.3 is 0 Å². The smallest absolute Gasteiger partial charge is 0.264 e. The van der Waals surface area contributed by atoms with Crippen LogP contribution in [0, 0.1) is 6.92 Å². The van der Waals surface area contributed by atoms with Crippen molar-refractivity contribution < 1.29 is 13.5 Å². The van der Waals surface area contributed by atoms with Gasteiger partial charge in [0.2, 0.25) is 0 Å². The minimum absolute atomic E-state index is 0.236. The third-order valence-corrected chi connectivity index (χ3v) is 6.55. The summed E-state index contributed by atoms with van der Waals surface area (Å²) in [7, 11) is -2.14. The number of anilines is 1. The average Bonchev–Trinajstić information content (AvgIpc) is 2.52. The van der Waals surface area contributed by atoms with Gasteiger partial charge in [-0.15, -0.1) is 0 Å². The van der Waals surface area contributed by atoms with E-state index in [4.69, 9.17) is 0 Å². The largest absolute Gasteiger partial charge is 0.507 e. The Kier molecular flexibility index (Phi) is 5.41. The number of sulfonamides is 1. The standard InChI is InChI=1S/C22H31NO3S/c1-15-9-11-17(12-10-15)27(25,26)23(8)16-13-18(21(2,3)4)20(24)19(14-16)22(5,6)7/h9-14,24H,1-8H3. The molecule has 0 heterocycles. The highest BCUT2D eigenvalue weighted by atomic mass is 32.2. The molecule has 0 aliphatic carbocycles. The molecule has 0 aliphatic rings. The lowest BCUT2D eigenvalue weighted by Crippen LogP contribution is -2.28. The summed E-state index contributed by atoms with van der Waals surface area (Å²) in [4.78, 5) is 0.248. The second-order valence-electron chi connectivity index (χ2n) is 9.18. The van der Waals surface area contributed by atoms with E-state index in [0.717, 1.165) is 16.7 Å². The average molecular weight is 390 g/mol. The van der Waals surface area contributed by atoms with Crippen LogP contribution in [0.1, 0.15) is 58.2 Å². The number of phenolic OH excluding ortho intramolecular Hbond substituents is 1. The summed E-state index contributed by atoms with van der Waals surface area (Å²) in [6.45, 7) is 14.0. The van der Waals surface area contributed by atoms with E-state index in [9.17, 15) is 13.5 Å². The van der Waals surface area contributed by atoms with Gasteiger partial charge in [0.05, 0.1) is 10.6 Å². The Labute approximate surface area is 163 Å². The Bertz CT molecular complexity index is 896. The van der Waals surface area contributed by atoms with Crippen LogP contribution in [-0.4, -0.2) is 20.6 Å². The van der Waals surface area contributed by atoms with Crippen molar-refractivity contribution in [1.29, 1.82) is 0 Å². The van der Waals surface area contributed by atoms with E-state index in [1.165, 1.54) is 4.31 Å². The van der Waals surface area contributed by atoms with Gasteiger partial charge in [-0.2, -0.15) is 0 Å². The van der Waals surface area contributed by atoms with Gasteiger partial charge in [0.1, 0.15) is 5.75 Å². The number of benzene rings is 2. The zero-order chi connectivity index (χ0) is 20.8.